The number of benzene rings is 1. The smallest absolute Gasteiger partial charge is 0.416 e. The maximum absolute atomic E-state index is 12.5. The van der Waals surface area contributed by atoms with E-state index < -0.39 is 29.7 Å². The monoisotopic (exact) mass is 245 g/mol. The average Bonchev–Trinajstić information content (AvgIpc) is 2.14. The molecule has 2 rings (SSSR count). The summed E-state index contributed by atoms with van der Waals surface area (Å²) in [5.74, 6) is -1.44. The summed E-state index contributed by atoms with van der Waals surface area (Å²) in [4.78, 5) is 10.8. The number of alkyl halides is 3. The Morgan fingerprint density at radius 2 is 2.12 bits per heavy atom. The molecule has 1 fully saturated rings. The van der Waals surface area contributed by atoms with Gasteiger partial charge in [-0.2, -0.15) is 13.2 Å². The van der Waals surface area contributed by atoms with Crippen molar-refractivity contribution in [3.63, 3.8) is 0 Å². The van der Waals surface area contributed by atoms with Crippen LogP contribution in [0.3, 0.4) is 0 Å². The van der Waals surface area contributed by atoms with Crippen LogP contribution in [0.15, 0.2) is 24.3 Å². The van der Waals surface area contributed by atoms with E-state index in [9.17, 15) is 18.0 Å². The van der Waals surface area contributed by atoms with Crippen LogP contribution >= 0.6 is 0 Å². The number of carboxylic acids is 1. The molecule has 0 radical (unpaired) electrons. The van der Waals surface area contributed by atoms with Crippen LogP contribution in [-0.2, 0) is 11.0 Å². The molecule has 0 bridgehead atoms. The van der Waals surface area contributed by atoms with Crippen LogP contribution in [0.5, 0.6) is 0 Å². The van der Waals surface area contributed by atoms with Gasteiger partial charge in [0, 0.05) is 12.5 Å². The quantitative estimate of drug-likeness (QED) is 0.835. The highest BCUT2D eigenvalue weighted by Crippen LogP contribution is 2.33. The maximum atomic E-state index is 12.5. The first-order chi connectivity index (χ1) is 7.89. The zero-order valence-corrected chi connectivity index (χ0v) is 8.66. The number of nitrogens with one attached hydrogen (secondary N) is 1. The molecule has 1 aromatic rings. The van der Waals surface area contributed by atoms with E-state index in [2.05, 4.69) is 5.32 Å². The third-order valence-corrected chi connectivity index (χ3v) is 2.87. The summed E-state index contributed by atoms with van der Waals surface area (Å²) < 4.78 is 37.4. The zero-order chi connectivity index (χ0) is 12.6. The summed E-state index contributed by atoms with van der Waals surface area (Å²) in [5, 5.41) is 11.5. The van der Waals surface area contributed by atoms with Crippen molar-refractivity contribution in [3.05, 3.63) is 35.4 Å². The highest BCUT2D eigenvalue weighted by atomic mass is 19.4. The highest BCUT2D eigenvalue weighted by molar-refractivity contribution is 5.76. The molecule has 1 heterocycles. The molecule has 0 unspecified atom stereocenters. The SMILES string of the molecule is O=C(O)[C@@H]1NC[C@H]1c1cccc(C(F)(F)F)c1. The molecule has 0 saturated carbocycles. The molecule has 1 aromatic carbocycles. The molecule has 0 aromatic heterocycles. The van der Waals surface area contributed by atoms with Gasteiger partial charge in [-0.25, -0.2) is 0 Å². The lowest BCUT2D eigenvalue weighted by Gasteiger charge is -2.35. The fraction of sp³-hybridized carbons (Fsp3) is 0.364. The summed E-state index contributed by atoms with van der Waals surface area (Å²) in [6.07, 6.45) is -4.40. The number of rotatable bonds is 2. The van der Waals surface area contributed by atoms with Crippen molar-refractivity contribution in [2.24, 2.45) is 0 Å². The Labute approximate surface area is 95.3 Å². The molecule has 6 heteroatoms. The predicted octanol–water partition coefficient (Wildman–Crippen LogP) is 1.85. The van der Waals surface area contributed by atoms with Crippen molar-refractivity contribution < 1.29 is 23.1 Å². The van der Waals surface area contributed by atoms with Crippen molar-refractivity contribution >= 4 is 5.97 Å². The van der Waals surface area contributed by atoms with Crippen molar-refractivity contribution in [2.75, 3.05) is 6.54 Å². The Balaban J connectivity index is 2.25. The fourth-order valence-corrected chi connectivity index (χ4v) is 1.87. The zero-order valence-electron chi connectivity index (χ0n) is 8.66. The third-order valence-electron chi connectivity index (χ3n) is 2.87. The predicted molar refractivity (Wildman–Crippen MR) is 53.6 cm³/mol. The number of carboxylic acid groups (broad SMARTS) is 1. The van der Waals surface area contributed by atoms with Crippen LogP contribution in [0.4, 0.5) is 13.2 Å². The summed E-state index contributed by atoms with van der Waals surface area (Å²) in [6.45, 7) is 0.387. The third kappa shape index (κ3) is 2.26. The normalized spacial score (nSPS) is 24.2. The van der Waals surface area contributed by atoms with Crippen LogP contribution in [0, 0.1) is 0 Å². The largest absolute Gasteiger partial charge is 0.480 e. The molecule has 1 saturated heterocycles. The summed E-state index contributed by atoms with van der Waals surface area (Å²) in [5.41, 5.74) is -0.336. The Morgan fingerprint density at radius 1 is 1.41 bits per heavy atom. The van der Waals surface area contributed by atoms with Gasteiger partial charge in [0.25, 0.3) is 0 Å². The second-order valence-corrected chi connectivity index (χ2v) is 3.95. The van der Waals surface area contributed by atoms with Gasteiger partial charge in [-0.1, -0.05) is 18.2 Å². The highest BCUT2D eigenvalue weighted by Gasteiger charge is 2.38. The lowest BCUT2D eigenvalue weighted by atomic mass is 9.84. The first kappa shape index (κ1) is 11.9. The summed E-state index contributed by atoms with van der Waals surface area (Å²) in [6, 6.07) is 4.03. The van der Waals surface area contributed by atoms with Gasteiger partial charge < -0.3 is 10.4 Å². The molecule has 92 valence electrons. The van der Waals surface area contributed by atoms with E-state index in [-0.39, 0.29) is 0 Å². The Kier molecular flexibility index (Phi) is 2.82. The minimum absolute atomic E-state index is 0.387. The van der Waals surface area contributed by atoms with Crippen LogP contribution in [0.1, 0.15) is 17.0 Å². The number of halogens is 3. The van der Waals surface area contributed by atoms with Gasteiger partial charge in [-0.15, -0.1) is 0 Å². The van der Waals surface area contributed by atoms with Crippen LogP contribution in [-0.4, -0.2) is 23.7 Å². The number of hydrogen-bond donors (Lipinski definition) is 2. The second kappa shape index (κ2) is 4.03. The molecular weight excluding hydrogens is 235 g/mol. The molecule has 17 heavy (non-hydrogen) atoms. The maximum Gasteiger partial charge on any atom is 0.416 e. The van der Waals surface area contributed by atoms with E-state index >= 15 is 0 Å². The molecular formula is C11H10F3NO2. The standard InChI is InChI=1S/C11H10F3NO2/c12-11(13,14)7-3-1-2-6(4-7)8-5-15-9(8)10(16)17/h1-4,8-9,15H,5H2,(H,16,17)/t8-,9+/m0/s1. The van der Waals surface area contributed by atoms with Crippen molar-refractivity contribution in [1.29, 1.82) is 0 Å². The summed E-state index contributed by atoms with van der Waals surface area (Å²) >= 11 is 0. The van der Waals surface area contributed by atoms with Gasteiger partial charge in [-0.3, -0.25) is 4.79 Å². The van der Waals surface area contributed by atoms with Crippen molar-refractivity contribution in [1.82, 2.24) is 5.32 Å². The average molecular weight is 245 g/mol. The Hall–Kier alpha value is -1.56. The minimum Gasteiger partial charge on any atom is -0.480 e. The molecule has 0 amide bonds. The van der Waals surface area contributed by atoms with E-state index in [4.69, 9.17) is 5.11 Å². The Bertz CT molecular complexity index is 445. The van der Waals surface area contributed by atoms with Gasteiger partial charge >= 0.3 is 12.1 Å². The molecule has 3 nitrogen and oxygen atoms in total. The van der Waals surface area contributed by atoms with E-state index in [0.717, 1.165) is 12.1 Å². The first-order valence-electron chi connectivity index (χ1n) is 5.03. The van der Waals surface area contributed by atoms with Crippen LogP contribution in [0.25, 0.3) is 0 Å². The van der Waals surface area contributed by atoms with E-state index in [1.165, 1.54) is 12.1 Å². The van der Waals surface area contributed by atoms with Crippen molar-refractivity contribution in [3.8, 4) is 0 Å². The van der Waals surface area contributed by atoms with Gasteiger partial charge in [0.2, 0.25) is 0 Å². The number of hydrogen-bond acceptors (Lipinski definition) is 2. The second-order valence-electron chi connectivity index (χ2n) is 3.95. The first-order valence-corrected chi connectivity index (χ1v) is 5.03. The van der Waals surface area contributed by atoms with Crippen LogP contribution < -0.4 is 5.32 Å². The molecule has 2 atom stereocenters. The molecule has 2 N–H and O–H groups in total. The van der Waals surface area contributed by atoms with Gasteiger partial charge in [0.05, 0.1) is 5.56 Å². The lowest BCUT2D eigenvalue weighted by Crippen LogP contribution is -2.55. The van der Waals surface area contributed by atoms with E-state index in [0.29, 0.717) is 12.1 Å². The van der Waals surface area contributed by atoms with E-state index in [1.54, 1.807) is 0 Å². The van der Waals surface area contributed by atoms with Crippen molar-refractivity contribution in [2.45, 2.75) is 18.1 Å². The molecule has 0 aliphatic carbocycles. The summed E-state index contributed by atoms with van der Waals surface area (Å²) in [7, 11) is 0. The number of aliphatic carboxylic acids is 1. The topological polar surface area (TPSA) is 49.3 Å². The van der Waals surface area contributed by atoms with E-state index in [1.807, 2.05) is 0 Å². The lowest BCUT2D eigenvalue weighted by molar-refractivity contribution is -0.142. The fourth-order valence-electron chi connectivity index (χ4n) is 1.87. The van der Waals surface area contributed by atoms with Gasteiger partial charge in [0.15, 0.2) is 0 Å². The molecule has 1 aliphatic rings. The molecule has 0 spiro atoms. The minimum atomic E-state index is -4.40. The van der Waals surface area contributed by atoms with Gasteiger partial charge in [-0.05, 0) is 11.6 Å². The molecule has 1 aliphatic heterocycles. The number of carbonyl (C=O) groups is 1. The Morgan fingerprint density at radius 3 is 2.59 bits per heavy atom. The van der Waals surface area contributed by atoms with Gasteiger partial charge in [0.1, 0.15) is 6.04 Å². The van der Waals surface area contributed by atoms with Crippen LogP contribution in [0.2, 0.25) is 0 Å².